The van der Waals surface area contributed by atoms with Crippen molar-refractivity contribution in [3.05, 3.63) is 53.6 Å². The van der Waals surface area contributed by atoms with Gasteiger partial charge in [-0.1, -0.05) is 18.2 Å². The van der Waals surface area contributed by atoms with E-state index < -0.39 is 0 Å². The first-order valence-electron chi connectivity index (χ1n) is 9.19. The minimum atomic E-state index is -0.115. The molecule has 7 nitrogen and oxygen atoms in total. The molecule has 148 valence electrons. The van der Waals surface area contributed by atoms with Gasteiger partial charge >= 0.3 is 0 Å². The van der Waals surface area contributed by atoms with E-state index in [0.717, 1.165) is 24.4 Å². The lowest BCUT2D eigenvalue weighted by Crippen LogP contribution is -2.46. The lowest BCUT2D eigenvalue weighted by Gasteiger charge is -2.32. The van der Waals surface area contributed by atoms with Gasteiger partial charge < -0.3 is 25.0 Å². The molecule has 1 aliphatic heterocycles. The fourth-order valence-corrected chi connectivity index (χ4v) is 3.28. The third-order valence-corrected chi connectivity index (χ3v) is 4.69. The second kappa shape index (κ2) is 9.12. The summed E-state index contributed by atoms with van der Waals surface area (Å²) in [6.07, 6.45) is 0.868. The monoisotopic (exact) mass is 382 g/mol. The molecule has 0 spiro atoms. The molecule has 0 aromatic heterocycles. The van der Waals surface area contributed by atoms with Crippen LogP contribution in [0.15, 0.2) is 47.5 Å². The normalized spacial score (nSPS) is 13.5. The predicted molar refractivity (Wildman–Crippen MR) is 110 cm³/mol. The Balaban J connectivity index is 1.62. The van der Waals surface area contributed by atoms with Crippen LogP contribution >= 0.6 is 0 Å². The summed E-state index contributed by atoms with van der Waals surface area (Å²) in [7, 11) is 5.00. The van der Waals surface area contributed by atoms with Gasteiger partial charge in [0.2, 0.25) is 5.91 Å². The molecule has 0 radical (unpaired) electrons. The lowest BCUT2D eigenvalue weighted by molar-refractivity contribution is -0.115. The largest absolute Gasteiger partial charge is 0.493 e. The molecule has 28 heavy (non-hydrogen) atoms. The molecular formula is C21H26N4O3. The summed E-state index contributed by atoms with van der Waals surface area (Å²) >= 11 is 0. The predicted octanol–water partition coefficient (Wildman–Crippen LogP) is 2.28. The van der Waals surface area contributed by atoms with Crippen molar-refractivity contribution in [2.45, 2.75) is 13.0 Å². The van der Waals surface area contributed by atoms with E-state index in [-0.39, 0.29) is 12.5 Å². The number of methoxy groups -OCH3 is 2. The molecule has 3 rings (SSSR count). The van der Waals surface area contributed by atoms with Crippen LogP contribution in [0.5, 0.6) is 11.5 Å². The zero-order valence-corrected chi connectivity index (χ0v) is 16.5. The first kappa shape index (κ1) is 19.5. The van der Waals surface area contributed by atoms with E-state index in [2.05, 4.69) is 20.5 Å². The van der Waals surface area contributed by atoms with Crippen molar-refractivity contribution in [1.29, 1.82) is 0 Å². The third-order valence-electron chi connectivity index (χ3n) is 4.69. The molecule has 2 aromatic rings. The molecule has 0 saturated carbocycles. The number of carbonyl (C=O) groups is 1. The van der Waals surface area contributed by atoms with Crippen LogP contribution in [0, 0.1) is 0 Å². The summed E-state index contributed by atoms with van der Waals surface area (Å²) in [6.45, 7) is 1.65. The zero-order valence-electron chi connectivity index (χ0n) is 16.5. The highest BCUT2D eigenvalue weighted by molar-refractivity contribution is 5.95. The van der Waals surface area contributed by atoms with Crippen LogP contribution in [0.4, 0.5) is 5.69 Å². The quantitative estimate of drug-likeness (QED) is 0.613. The van der Waals surface area contributed by atoms with E-state index in [9.17, 15) is 4.79 Å². The molecule has 2 aromatic carbocycles. The van der Waals surface area contributed by atoms with Crippen molar-refractivity contribution < 1.29 is 14.3 Å². The zero-order chi connectivity index (χ0) is 19.9. The number of ether oxygens (including phenoxy) is 2. The molecule has 1 heterocycles. The van der Waals surface area contributed by atoms with Crippen LogP contribution < -0.4 is 20.1 Å². The van der Waals surface area contributed by atoms with Crippen molar-refractivity contribution in [2.24, 2.45) is 4.99 Å². The molecule has 1 aliphatic rings. The Labute approximate surface area is 165 Å². The number of para-hydroxylation sites is 1. The highest BCUT2D eigenvalue weighted by atomic mass is 16.5. The van der Waals surface area contributed by atoms with Gasteiger partial charge in [-0.15, -0.1) is 0 Å². The molecule has 0 unspecified atom stereocenters. The van der Waals surface area contributed by atoms with Gasteiger partial charge in [-0.3, -0.25) is 9.79 Å². The van der Waals surface area contributed by atoms with Gasteiger partial charge in [0, 0.05) is 25.8 Å². The number of aliphatic imine (C=N–C) groups is 1. The fourth-order valence-electron chi connectivity index (χ4n) is 3.28. The number of hydrogen-bond donors (Lipinski definition) is 2. The van der Waals surface area contributed by atoms with Crippen LogP contribution in [0.25, 0.3) is 0 Å². The fraction of sp³-hybridized carbons (Fsp3) is 0.333. The Morgan fingerprint density at radius 2 is 1.79 bits per heavy atom. The van der Waals surface area contributed by atoms with Crippen molar-refractivity contribution in [3.63, 3.8) is 0 Å². The summed E-state index contributed by atoms with van der Waals surface area (Å²) in [4.78, 5) is 18.7. The second-order valence-electron chi connectivity index (χ2n) is 6.46. The van der Waals surface area contributed by atoms with Crippen LogP contribution in [0.3, 0.4) is 0 Å². The Morgan fingerprint density at radius 3 is 2.43 bits per heavy atom. The van der Waals surface area contributed by atoms with Gasteiger partial charge in [-0.25, -0.2) is 0 Å². The number of rotatable bonds is 5. The average molecular weight is 382 g/mol. The van der Waals surface area contributed by atoms with Crippen molar-refractivity contribution in [1.82, 2.24) is 10.2 Å². The van der Waals surface area contributed by atoms with Crippen molar-refractivity contribution >= 4 is 17.6 Å². The molecule has 0 atom stereocenters. The number of benzene rings is 2. The summed E-state index contributed by atoms with van der Waals surface area (Å²) in [5, 5.41) is 6.01. The second-order valence-corrected chi connectivity index (χ2v) is 6.46. The van der Waals surface area contributed by atoms with E-state index >= 15 is 0 Å². The number of fused-ring (bicyclic) bond motifs is 1. The number of hydrogen-bond acceptors (Lipinski definition) is 4. The molecule has 2 N–H and O–H groups in total. The first-order chi connectivity index (χ1) is 13.6. The number of guanidine groups is 1. The van der Waals surface area contributed by atoms with Gasteiger partial charge in [-0.2, -0.15) is 0 Å². The van der Waals surface area contributed by atoms with E-state index in [1.54, 1.807) is 21.3 Å². The Hall–Kier alpha value is -3.22. The smallest absolute Gasteiger partial charge is 0.243 e. The Morgan fingerprint density at radius 1 is 1.11 bits per heavy atom. The van der Waals surface area contributed by atoms with E-state index in [1.165, 1.54) is 11.1 Å². The molecule has 0 fully saturated rings. The van der Waals surface area contributed by atoms with Gasteiger partial charge in [0.05, 0.1) is 20.8 Å². The molecule has 0 aliphatic carbocycles. The average Bonchev–Trinajstić information content (AvgIpc) is 2.73. The standard InChI is InChI=1S/C21H26N4O3/c1-22-21(23-13-20(26)24-17-7-5-4-6-8-17)25-10-9-15-11-18(27-2)19(28-3)12-16(15)14-25/h4-8,11-12H,9-10,13-14H2,1-3H3,(H,22,23)(H,24,26). The maximum Gasteiger partial charge on any atom is 0.243 e. The summed E-state index contributed by atoms with van der Waals surface area (Å²) in [5.74, 6) is 2.04. The third kappa shape index (κ3) is 4.54. The highest BCUT2D eigenvalue weighted by Gasteiger charge is 2.22. The van der Waals surface area contributed by atoms with Gasteiger partial charge in [0.15, 0.2) is 17.5 Å². The number of amides is 1. The molecule has 0 saturated heterocycles. The SMILES string of the molecule is CN=C(NCC(=O)Nc1ccccc1)N1CCc2cc(OC)c(OC)cc2C1. The van der Waals surface area contributed by atoms with Crippen LogP contribution in [-0.2, 0) is 17.8 Å². The summed E-state index contributed by atoms with van der Waals surface area (Å²) in [5.41, 5.74) is 3.18. The van der Waals surface area contributed by atoms with E-state index in [1.807, 2.05) is 42.5 Å². The van der Waals surface area contributed by atoms with E-state index in [0.29, 0.717) is 18.3 Å². The summed E-state index contributed by atoms with van der Waals surface area (Å²) < 4.78 is 10.8. The van der Waals surface area contributed by atoms with Crippen LogP contribution in [-0.4, -0.2) is 51.1 Å². The van der Waals surface area contributed by atoms with Crippen LogP contribution in [0.1, 0.15) is 11.1 Å². The van der Waals surface area contributed by atoms with Crippen molar-refractivity contribution in [3.8, 4) is 11.5 Å². The first-order valence-corrected chi connectivity index (χ1v) is 9.19. The van der Waals surface area contributed by atoms with E-state index in [4.69, 9.17) is 9.47 Å². The lowest BCUT2D eigenvalue weighted by atomic mass is 9.99. The number of nitrogens with zero attached hydrogens (tertiary/aromatic N) is 2. The van der Waals surface area contributed by atoms with Gasteiger partial charge in [0.25, 0.3) is 0 Å². The number of anilines is 1. The summed E-state index contributed by atoms with van der Waals surface area (Å²) in [6, 6.07) is 13.4. The minimum absolute atomic E-state index is 0.115. The molecular weight excluding hydrogens is 356 g/mol. The van der Waals surface area contributed by atoms with Crippen molar-refractivity contribution in [2.75, 3.05) is 39.7 Å². The van der Waals surface area contributed by atoms with Gasteiger partial charge in [0.1, 0.15) is 0 Å². The Kier molecular flexibility index (Phi) is 6.37. The highest BCUT2D eigenvalue weighted by Crippen LogP contribution is 2.33. The maximum atomic E-state index is 12.2. The molecule has 1 amide bonds. The minimum Gasteiger partial charge on any atom is -0.493 e. The Bertz CT molecular complexity index is 852. The number of nitrogens with one attached hydrogen (secondary N) is 2. The topological polar surface area (TPSA) is 75.2 Å². The molecule has 0 bridgehead atoms. The van der Waals surface area contributed by atoms with Gasteiger partial charge in [-0.05, 0) is 41.8 Å². The number of carbonyl (C=O) groups excluding carboxylic acids is 1. The maximum absolute atomic E-state index is 12.2. The van der Waals surface area contributed by atoms with Crippen LogP contribution in [0.2, 0.25) is 0 Å². The molecule has 7 heteroatoms.